The van der Waals surface area contributed by atoms with Crippen molar-refractivity contribution in [3.8, 4) is 0 Å². The summed E-state index contributed by atoms with van der Waals surface area (Å²) < 4.78 is 26.7. The van der Waals surface area contributed by atoms with Gasteiger partial charge in [-0.2, -0.15) is 0 Å². The Labute approximate surface area is 135 Å². The Bertz CT molecular complexity index is 617. The van der Waals surface area contributed by atoms with E-state index < -0.39 is 11.6 Å². The highest BCUT2D eigenvalue weighted by Crippen LogP contribution is 2.48. The van der Waals surface area contributed by atoms with Crippen LogP contribution in [0.15, 0.2) is 18.2 Å². The maximum Gasteiger partial charge on any atom is 0.223 e. The monoisotopic (exact) mass is 320 g/mol. The second-order valence-corrected chi connectivity index (χ2v) is 7.24. The second kappa shape index (κ2) is 5.86. The van der Waals surface area contributed by atoms with Crippen LogP contribution in [-0.4, -0.2) is 36.5 Å². The fourth-order valence-electron chi connectivity index (χ4n) is 3.81. The number of likely N-dealkylation sites (tertiary alicyclic amines) is 1. The normalized spacial score (nSPS) is 30.4. The molecule has 0 unspecified atom stereocenters. The zero-order valence-electron chi connectivity index (χ0n) is 13.1. The number of amides is 1. The Kier molecular flexibility index (Phi) is 3.84. The van der Waals surface area contributed by atoms with E-state index in [9.17, 15) is 13.6 Å². The van der Waals surface area contributed by atoms with Gasteiger partial charge in [0.05, 0.1) is 0 Å². The van der Waals surface area contributed by atoms with Crippen LogP contribution < -0.4 is 5.32 Å². The number of benzene rings is 1. The average molecular weight is 320 g/mol. The Morgan fingerprint density at radius 2 is 2.09 bits per heavy atom. The smallest absolute Gasteiger partial charge is 0.223 e. The molecule has 23 heavy (non-hydrogen) atoms. The van der Waals surface area contributed by atoms with Gasteiger partial charge in [-0.25, -0.2) is 8.78 Å². The van der Waals surface area contributed by atoms with Crippen molar-refractivity contribution in [2.45, 2.75) is 37.6 Å². The fourth-order valence-corrected chi connectivity index (χ4v) is 3.81. The van der Waals surface area contributed by atoms with Gasteiger partial charge in [0.15, 0.2) is 0 Å². The van der Waals surface area contributed by atoms with E-state index in [1.54, 1.807) is 0 Å². The molecule has 5 heteroatoms. The van der Waals surface area contributed by atoms with Crippen molar-refractivity contribution in [2.75, 3.05) is 19.6 Å². The maximum absolute atomic E-state index is 13.8. The number of halogens is 2. The molecule has 3 fully saturated rings. The third-order valence-corrected chi connectivity index (χ3v) is 5.43. The number of rotatable bonds is 5. The lowest BCUT2D eigenvalue weighted by Gasteiger charge is -2.15. The lowest BCUT2D eigenvalue weighted by atomic mass is 10.1. The minimum atomic E-state index is -0.575. The highest BCUT2D eigenvalue weighted by Gasteiger charge is 2.45. The summed E-state index contributed by atoms with van der Waals surface area (Å²) >= 11 is 0. The molecule has 1 amide bonds. The van der Waals surface area contributed by atoms with Crippen LogP contribution in [0.5, 0.6) is 0 Å². The number of nitrogens with zero attached hydrogens (tertiary/aromatic N) is 1. The summed E-state index contributed by atoms with van der Waals surface area (Å²) in [4.78, 5) is 14.8. The number of carbonyl (C=O) groups excluding carboxylic acids is 1. The summed E-state index contributed by atoms with van der Waals surface area (Å²) in [5.41, 5.74) is 0.465. The molecule has 1 aromatic rings. The number of nitrogens with one attached hydrogen (secondary N) is 1. The third kappa shape index (κ3) is 3.25. The van der Waals surface area contributed by atoms with Gasteiger partial charge < -0.3 is 10.2 Å². The van der Waals surface area contributed by atoms with Gasteiger partial charge in [0.2, 0.25) is 5.91 Å². The first-order chi connectivity index (χ1) is 11.1. The van der Waals surface area contributed by atoms with Gasteiger partial charge in [0, 0.05) is 31.1 Å². The Morgan fingerprint density at radius 1 is 1.26 bits per heavy atom. The van der Waals surface area contributed by atoms with Crippen LogP contribution in [0.3, 0.4) is 0 Å². The summed E-state index contributed by atoms with van der Waals surface area (Å²) in [6.07, 6.45) is 4.46. The first kappa shape index (κ1) is 15.1. The molecule has 1 N–H and O–H groups in total. The predicted molar refractivity (Wildman–Crippen MR) is 82.9 cm³/mol. The molecule has 1 heterocycles. The van der Waals surface area contributed by atoms with E-state index in [-0.39, 0.29) is 17.7 Å². The summed E-state index contributed by atoms with van der Waals surface area (Å²) in [6.45, 7) is 2.96. The lowest BCUT2D eigenvalue weighted by Crippen LogP contribution is -2.32. The molecule has 2 saturated carbocycles. The molecule has 124 valence electrons. The molecule has 1 saturated heterocycles. The van der Waals surface area contributed by atoms with E-state index in [0.29, 0.717) is 17.9 Å². The van der Waals surface area contributed by atoms with E-state index in [2.05, 4.69) is 10.2 Å². The molecule has 1 aromatic carbocycles. The van der Waals surface area contributed by atoms with Crippen molar-refractivity contribution in [3.05, 3.63) is 35.4 Å². The zero-order valence-corrected chi connectivity index (χ0v) is 13.1. The molecule has 4 rings (SSSR count). The number of hydrogen-bond donors (Lipinski definition) is 1. The van der Waals surface area contributed by atoms with Gasteiger partial charge in [0.1, 0.15) is 11.6 Å². The van der Waals surface area contributed by atoms with Crippen molar-refractivity contribution in [1.82, 2.24) is 10.2 Å². The summed E-state index contributed by atoms with van der Waals surface area (Å²) in [5.74, 6) is -0.809. The number of hydrogen-bond acceptors (Lipinski definition) is 2. The second-order valence-electron chi connectivity index (χ2n) is 7.24. The molecule has 1 aliphatic heterocycles. The SMILES string of the molecule is O=C(NC[C@@H]1CCN(C2CC2)C1)[C@H]1C[C@@H]1c1ccc(F)cc1F. The van der Waals surface area contributed by atoms with Crippen LogP contribution in [0.1, 0.15) is 37.2 Å². The van der Waals surface area contributed by atoms with Crippen molar-refractivity contribution in [2.24, 2.45) is 11.8 Å². The van der Waals surface area contributed by atoms with Gasteiger partial charge in [-0.05, 0) is 55.7 Å². The van der Waals surface area contributed by atoms with E-state index in [0.717, 1.165) is 38.2 Å². The largest absolute Gasteiger partial charge is 0.356 e. The molecule has 3 nitrogen and oxygen atoms in total. The van der Waals surface area contributed by atoms with Crippen LogP contribution >= 0.6 is 0 Å². The molecule has 3 aliphatic rings. The Balaban J connectivity index is 1.26. The first-order valence-corrected chi connectivity index (χ1v) is 8.58. The van der Waals surface area contributed by atoms with E-state index in [4.69, 9.17) is 0 Å². The first-order valence-electron chi connectivity index (χ1n) is 8.58. The summed E-state index contributed by atoms with van der Waals surface area (Å²) in [6, 6.07) is 4.42. The number of carbonyl (C=O) groups is 1. The van der Waals surface area contributed by atoms with E-state index in [1.807, 2.05) is 0 Å². The molecule has 0 aromatic heterocycles. The highest BCUT2D eigenvalue weighted by molar-refractivity contribution is 5.82. The van der Waals surface area contributed by atoms with Crippen LogP contribution in [0, 0.1) is 23.5 Å². The average Bonchev–Trinajstić information content (AvgIpc) is 3.44. The molecule has 0 spiro atoms. The molecule has 3 atom stereocenters. The molecule has 0 bridgehead atoms. The van der Waals surface area contributed by atoms with Crippen LogP contribution in [0.25, 0.3) is 0 Å². The van der Waals surface area contributed by atoms with Gasteiger partial charge in [-0.3, -0.25) is 4.79 Å². The van der Waals surface area contributed by atoms with Crippen molar-refractivity contribution in [1.29, 1.82) is 0 Å². The third-order valence-electron chi connectivity index (χ3n) is 5.43. The van der Waals surface area contributed by atoms with Crippen LogP contribution in [0.2, 0.25) is 0 Å². The molecule has 2 aliphatic carbocycles. The quantitative estimate of drug-likeness (QED) is 0.905. The molecular weight excluding hydrogens is 298 g/mol. The van der Waals surface area contributed by atoms with Crippen molar-refractivity contribution in [3.63, 3.8) is 0 Å². The van der Waals surface area contributed by atoms with E-state index >= 15 is 0 Å². The Hall–Kier alpha value is -1.49. The molecular formula is C18H22F2N2O. The van der Waals surface area contributed by atoms with Gasteiger partial charge >= 0.3 is 0 Å². The van der Waals surface area contributed by atoms with Crippen LogP contribution in [-0.2, 0) is 4.79 Å². The fraction of sp³-hybridized carbons (Fsp3) is 0.611. The predicted octanol–water partition coefficient (Wildman–Crippen LogP) is 2.67. The standard InChI is InChI=1S/C18H22F2N2O/c19-12-1-4-14(17(20)7-12)15-8-16(15)18(23)21-9-11-5-6-22(10-11)13-2-3-13/h1,4,7,11,13,15-16H,2-3,5-6,8-10H2,(H,21,23)/t11-,15+,16-/m0/s1. The minimum Gasteiger partial charge on any atom is -0.356 e. The Morgan fingerprint density at radius 3 is 2.83 bits per heavy atom. The van der Waals surface area contributed by atoms with Crippen LogP contribution in [0.4, 0.5) is 8.78 Å². The van der Waals surface area contributed by atoms with Gasteiger partial charge in [0.25, 0.3) is 0 Å². The van der Waals surface area contributed by atoms with Gasteiger partial charge in [-0.15, -0.1) is 0 Å². The zero-order chi connectivity index (χ0) is 16.0. The van der Waals surface area contributed by atoms with E-state index in [1.165, 1.54) is 25.0 Å². The minimum absolute atomic E-state index is 0.0172. The highest BCUT2D eigenvalue weighted by atomic mass is 19.1. The van der Waals surface area contributed by atoms with Crippen molar-refractivity contribution < 1.29 is 13.6 Å². The van der Waals surface area contributed by atoms with Crippen molar-refractivity contribution >= 4 is 5.91 Å². The van der Waals surface area contributed by atoms with Gasteiger partial charge in [-0.1, -0.05) is 6.07 Å². The maximum atomic E-state index is 13.8. The summed E-state index contributed by atoms with van der Waals surface area (Å²) in [7, 11) is 0. The summed E-state index contributed by atoms with van der Waals surface area (Å²) in [5, 5.41) is 3.03. The molecule has 0 radical (unpaired) electrons. The topological polar surface area (TPSA) is 32.3 Å². The lowest BCUT2D eigenvalue weighted by molar-refractivity contribution is -0.122.